The normalized spacial score (nSPS) is 13.0. The Kier molecular flexibility index (Phi) is 6.22. The molecule has 0 aliphatic carbocycles. The van der Waals surface area contributed by atoms with Crippen molar-refractivity contribution in [2.75, 3.05) is 19.6 Å². The van der Waals surface area contributed by atoms with Gasteiger partial charge in [-0.15, -0.1) is 0 Å². The number of nitrogens with two attached hydrogens (primary N) is 1. The van der Waals surface area contributed by atoms with Gasteiger partial charge in [-0.1, -0.05) is 13.8 Å². The van der Waals surface area contributed by atoms with E-state index >= 15 is 0 Å². The van der Waals surface area contributed by atoms with Gasteiger partial charge in [0, 0.05) is 18.2 Å². The lowest BCUT2D eigenvalue weighted by Gasteiger charge is -2.25. The van der Waals surface area contributed by atoms with Crippen LogP contribution in [0.2, 0.25) is 0 Å². The molecule has 0 radical (unpaired) electrons. The van der Waals surface area contributed by atoms with Crippen LogP contribution >= 0.6 is 0 Å². The summed E-state index contributed by atoms with van der Waals surface area (Å²) in [6.07, 6.45) is 2.05. The smallest absolute Gasteiger partial charge is 0.128 e. The Bertz CT molecular complexity index is 363. The molecule has 0 saturated carbocycles. The summed E-state index contributed by atoms with van der Waals surface area (Å²) >= 11 is 0. The summed E-state index contributed by atoms with van der Waals surface area (Å²) in [5, 5.41) is 0. The Balaban J connectivity index is 2.73. The molecule has 0 aliphatic rings. The summed E-state index contributed by atoms with van der Waals surface area (Å²) < 4.78 is 26.7. The van der Waals surface area contributed by atoms with E-state index in [-0.39, 0.29) is 5.56 Å². The summed E-state index contributed by atoms with van der Waals surface area (Å²) in [6.45, 7) is 6.60. The first-order valence-corrected chi connectivity index (χ1v) is 6.51. The van der Waals surface area contributed by atoms with Gasteiger partial charge in [-0.25, -0.2) is 8.78 Å². The van der Waals surface area contributed by atoms with Crippen molar-refractivity contribution in [2.24, 2.45) is 5.73 Å². The molecule has 18 heavy (non-hydrogen) atoms. The van der Waals surface area contributed by atoms with Gasteiger partial charge in [0.2, 0.25) is 0 Å². The zero-order valence-electron chi connectivity index (χ0n) is 11.1. The van der Waals surface area contributed by atoms with E-state index in [0.29, 0.717) is 6.54 Å². The Morgan fingerprint density at radius 3 is 2.33 bits per heavy atom. The standard InChI is InChI=1S/C14H22F2N2/c1-3-7-18(8-4-2)10-14(17)12-9-11(15)5-6-13(12)16/h5-6,9,14H,3-4,7-8,10,17H2,1-2H3. The number of benzene rings is 1. The number of hydrogen-bond donors (Lipinski definition) is 1. The van der Waals surface area contributed by atoms with E-state index in [4.69, 9.17) is 5.73 Å². The second-order valence-electron chi connectivity index (χ2n) is 4.57. The van der Waals surface area contributed by atoms with E-state index in [1.165, 1.54) is 6.07 Å². The lowest BCUT2D eigenvalue weighted by Crippen LogP contribution is -2.33. The molecule has 0 bridgehead atoms. The molecular formula is C14H22F2N2. The van der Waals surface area contributed by atoms with Crippen LogP contribution in [0.1, 0.15) is 38.3 Å². The van der Waals surface area contributed by atoms with Crippen LogP contribution in [0.4, 0.5) is 8.78 Å². The fourth-order valence-electron chi connectivity index (χ4n) is 2.10. The average molecular weight is 256 g/mol. The predicted octanol–water partition coefficient (Wildman–Crippen LogP) is 3.09. The van der Waals surface area contributed by atoms with E-state index in [1.54, 1.807) is 0 Å². The van der Waals surface area contributed by atoms with E-state index in [2.05, 4.69) is 18.7 Å². The van der Waals surface area contributed by atoms with Crippen LogP contribution in [0.25, 0.3) is 0 Å². The monoisotopic (exact) mass is 256 g/mol. The fourth-order valence-corrected chi connectivity index (χ4v) is 2.10. The maximum atomic E-state index is 13.6. The number of rotatable bonds is 7. The molecule has 4 heteroatoms. The van der Waals surface area contributed by atoms with Gasteiger partial charge in [0.15, 0.2) is 0 Å². The van der Waals surface area contributed by atoms with E-state index in [1.807, 2.05) is 0 Å². The van der Waals surface area contributed by atoms with Gasteiger partial charge in [-0.3, -0.25) is 0 Å². The fraction of sp³-hybridized carbons (Fsp3) is 0.571. The Morgan fingerprint density at radius 2 is 1.78 bits per heavy atom. The maximum absolute atomic E-state index is 13.6. The summed E-state index contributed by atoms with van der Waals surface area (Å²) in [5.74, 6) is -0.878. The van der Waals surface area contributed by atoms with Crippen LogP contribution in [0, 0.1) is 11.6 Å². The van der Waals surface area contributed by atoms with Crippen LogP contribution in [-0.4, -0.2) is 24.5 Å². The predicted molar refractivity (Wildman–Crippen MR) is 70.3 cm³/mol. The lowest BCUT2D eigenvalue weighted by atomic mass is 10.1. The van der Waals surface area contributed by atoms with Gasteiger partial charge >= 0.3 is 0 Å². The van der Waals surface area contributed by atoms with Gasteiger partial charge in [0.1, 0.15) is 11.6 Å². The van der Waals surface area contributed by atoms with Crippen LogP contribution in [0.3, 0.4) is 0 Å². The van der Waals surface area contributed by atoms with Crippen molar-refractivity contribution < 1.29 is 8.78 Å². The molecule has 1 atom stereocenters. The van der Waals surface area contributed by atoms with Crippen molar-refractivity contribution in [3.05, 3.63) is 35.4 Å². The average Bonchev–Trinajstić information content (AvgIpc) is 2.33. The minimum Gasteiger partial charge on any atom is -0.323 e. The third kappa shape index (κ3) is 4.35. The minimum absolute atomic E-state index is 0.257. The van der Waals surface area contributed by atoms with E-state index in [0.717, 1.165) is 38.1 Å². The van der Waals surface area contributed by atoms with Gasteiger partial charge in [0.05, 0.1) is 0 Å². The Morgan fingerprint density at radius 1 is 1.17 bits per heavy atom. The zero-order chi connectivity index (χ0) is 13.5. The zero-order valence-corrected chi connectivity index (χ0v) is 11.1. The molecule has 1 unspecified atom stereocenters. The van der Waals surface area contributed by atoms with Crippen LogP contribution in [0.15, 0.2) is 18.2 Å². The molecule has 0 aromatic heterocycles. The van der Waals surface area contributed by atoms with E-state index < -0.39 is 17.7 Å². The third-order valence-electron chi connectivity index (χ3n) is 2.89. The number of hydrogen-bond acceptors (Lipinski definition) is 2. The Labute approximate surface area is 108 Å². The summed E-state index contributed by atoms with van der Waals surface area (Å²) in [6, 6.07) is 2.95. The molecule has 0 amide bonds. The third-order valence-corrected chi connectivity index (χ3v) is 2.89. The van der Waals surface area contributed by atoms with Crippen LogP contribution in [-0.2, 0) is 0 Å². The highest BCUT2D eigenvalue weighted by Crippen LogP contribution is 2.17. The highest BCUT2D eigenvalue weighted by molar-refractivity contribution is 5.22. The molecular weight excluding hydrogens is 234 g/mol. The quantitative estimate of drug-likeness (QED) is 0.812. The van der Waals surface area contributed by atoms with Gasteiger partial charge in [-0.2, -0.15) is 0 Å². The van der Waals surface area contributed by atoms with Gasteiger partial charge in [-0.05, 0) is 44.1 Å². The van der Waals surface area contributed by atoms with E-state index in [9.17, 15) is 8.78 Å². The van der Waals surface area contributed by atoms with Gasteiger partial charge in [0.25, 0.3) is 0 Å². The highest BCUT2D eigenvalue weighted by Gasteiger charge is 2.15. The molecule has 1 aromatic rings. The SMILES string of the molecule is CCCN(CCC)CC(N)c1cc(F)ccc1F. The number of nitrogens with zero attached hydrogens (tertiary/aromatic N) is 1. The van der Waals surface area contributed by atoms with Crippen molar-refractivity contribution in [1.82, 2.24) is 4.90 Å². The molecule has 0 heterocycles. The molecule has 0 saturated heterocycles. The van der Waals surface area contributed by atoms with Crippen molar-refractivity contribution in [3.8, 4) is 0 Å². The maximum Gasteiger partial charge on any atom is 0.128 e. The second-order valence-corrected chi connectivity index (χ2v) is 4.57. The first-order valence-electron chi connectivity index (χ1n) is 6.51. The summed E-state index contributed by atoms with van der Waals surface area (Å²) in [4.78, 5) is 2.19. The molecule has 2 N–H and O–H groups in total. The molecule has 102 valence electrons. The van der Waals surface area contributed by atoms with Crippen LogP contribution < -0.4 is 5.73 Å². The highest BCUT2D eigenvalue weighted by atomic mass is 19.1. The molecule has 0 aliphatic heterocycles. The molecule has 1 aromatic carbocycles. The Hall–Kier alpha value is -1.00. The van der Waals surface area contributed by atoms with Crippen molar-refractivity contribution >= 4 is 0 Å². The lowest BCUT2D eigenvalue weighted by molar-refractivity contribution is 0.256. The van der Waals surface area contributed by atoms with Crippen LogP contribution in [0.5, 0.6) is 0 Å². The van der Waals surface area contributed by atoms with Crippen molar-refractivity contribution in [1.29, 1.82) is 0 Å². The summed E-state index contributed by atoms with van der Waals surface area (Å²) in [7, 11) is 0. The first-order chi connectivity index (χ1) is 8.58. The van der Waals surface area contributed by atoms with Gasteiger partial charge < -0.3 is 10.6 Å². The van der Waals surface area contributed by atoms with Crippen molar-refractivity contribution in [2.45, 2.75) is 32.7 Å². The first kappa shape index (κ1) is 15.1. The largest absolute Gasteiger partial charge is 0.323 e. The molecule has 1 rings (SSSR count). The molecule has 0 spiro atoms. The van der Waals surface area contributed by atoms with Crippen molar-refractivity contribution in [3.63, 3.8) is 0 Å². The molecule has 0 fully saturated rings. The molecule has 2 nitrogen and oxygen atoms in total. The topological polar surface area (TPSA) is 29.3 Å². The number of halogens is 2. The summed E-state index contributed by atoms with van der Waals surface area (Å²) in [5.41, 5.74) is 6.23. The minimum atomic E-state index is -0.487. The second kappa shape index (κ2) is 7.44.